The zero-order valence-corrected chi connectivity index (χ0v) is 10.3. The van der Waals surface area contributed by atoms with E-state index in [-0.39, 0.29) is 0 Å². The molecule has 1 aromatic heterocycles. The number of anilines is 2. The molecule has 0 spiro atoms. The summed E-state index contributed by atoms with van der Waals surface area (Å²) in [5, 5.41) is 0. The lowest BCUT2D eigenvalue weighted by Gasteiger charge is -2.38. The molecule has 5 nitrogen and oxygen atoms in total. The third kappa shape index (κ3) is 1.95. The van der Waals surface area contributed by atoms with Crippen molar-refractivity contribution in [1.29, 1.82) is 0 Å². The molecule has 0 saturated carbocycles. The van der Waals surface area contributed by atoms with Crippen LogP contribution in [0.5, 0.6) is 0 Å². The van der Waals surface area contributed by atoms with Gasteiger partial charge < -0.3 is 10.6 Å². The average Bonchev–Trinajstić information content (AvgIpc) is 2.79. The molecule has 5 heteroatoms. The number of piperazine rings is 1. The van der Waals surface area contributed by atoms with E-state index in [1.54, 1.807) is 0 Å². The van der Waals surface area contributed by atoms with E-state index in [2.05, 4.69) is 26.7 Å². The Hall–Kier alpha value is -1.36. The number of aryl methyl sites for hydroxylation is 1. The van der Waals surface area contributed by atoms with Gasteiger partial charge >= 0.3 is 0 Å². The van der Waals surface area contributed by atoms with Gasteiger partial charge in [-0.1, -0.05) is 0 Å². The summed E-state index contributed by atoms with van der Waals surface area (Å²) in [6, 6.07) is 0.708. The second-order valence-corrected chi connectivity index (χ2v) is 5.01. The highest BCUT2D eigenvalue weighted by Crippen LogP contribution is 2.26. The molecule has 92 valence electrons. The van der Waals surface area contributed by atoms with Gasteiger partial charge in [-0.05, 0) is 26.3 Å². The Morgan fingerprint density at radius 3 is 3.12 bits per heavy atom. The summed E-state index contributed by atoms with van der Waals surface area (Å²) >= 11 is 0. The minimum atomic E-state index is 0.374. The Bertz CT molecular complexity index is 419. The minimum Gasteiger partial charge on any atom is -0.368 e. The fourth-order valence-electron chi connectivity index (χ4n) is 2.95. The van der Waals surface area contributed by atoms with Crippen molar-refractivity contribution < 1.29 is 0 Å². The molecular formula is C12H19N5. The molecule has 1 atom stereocenters. The van der Waals surface area contributed by atoms with Gasteiger partial charge in [0.2, 0.25) is 5.95 Å². The molecular weight excluding hydrogens is 214 g/mol. The van der Waals surface area contributed by atoms with Crippen molar-refractivity contribution in [3.05, 3.63) is 11.8 Å². The zero-order valence-electron chi connectivity index (χ0n) is 10.3. The number of hydrogen-bond acceptors (Lipinski definition) is 5. The molecule has 2 aliphatic rings. The first-order valence-electron chi connectivity index (χ1n) is 6.32. The summed E-state index contributed by atoms with van der Waals surface area (Å²) < 4.78 is 0. The van der Waals surface area contributed by atoms with Crippen molar-refractivity contribution in [3.63, 3.8) is 0 Å². The van der Waals surface area contributed by atoms with Crippen LogP contribution in [0.25, 0.3) is 0 Å². The summed E-state index contributed by atoms with van der Waals surface area (Å²) in [5.74, 6) is 1.39. The molecule has 0 aromatic carbocycles. The molecule has 2 saturated heterocycles. The zero-order chi connectivity index (χ0) is 11.8. The highest BCUT2D eigenvalue weighted by molar-refractivity contribution is 5.48. The molecule has 3 heterocycles. The largest absolute Gasteiger partial charge is 0.368 e. The van der Waals surface area contributed by atoms with E-state index in [0.29, 0.717) is 12.0 Å². The Morgan fingerprint density at radius 2 is 2.24 bits per heavy atom. The van der Waals surface area contributed by atoms with Gasteiger partial charge in [0.25, 0.3) is 0 Å². The van der Waals surface area contributed by atoms with Crippen LogP contribution in [0.15, 0.2) is 6.20 Å². The van der Waals surface area contributed by atoms with Crippen LogP contribution >= 0.6 is 0 Å². The van der Waals surface area contributed by atoms with Gasteiger partial charge in [0.05, 0.1) is 0 Å². The van der Waals surface area contributed by atoms with E-state index in [9.17, 15) is 0 Å². The molecule has 1 aromatic rings. The number of nitrogens with two attached hydrogens (primary N) is 1. The summed E-state index contributed by atoms with van der Waals surface area (Å²) in [7, 11) is 0. The molecule has 2 aliphatic heterocycles. The highest BCUT2D eigenvalue weighted by atomic mass is 15.3. The lowest BCUT2D eigenvalue weighted by molar-refractivity contribution is 0.230. The van der Waals surface area contributed by atoms with Crippen molar-refractivity contribution in [1.82, 2.24) is 14.9 Å². The number of hydrogen-bond donors (Lipinski definition) is 1. The van der Waals surface area contributed by atoms with Crippen molar-refractivity contribution in [3.8, 4) is 0 Å². The van der Waals surface area contributed by atoms with Crippen molar-refractivity contribution in [2.75, 3.05) is 36.8 Å². The third-order valence-corrected chi connectivity index (χ3v) is 3.85. The maximum Gasteiger partial charge on any atom is 0.221 e. The maximum absolute atomic E-state index is 5.68. The minimum absolute atomic E-state index is 0.374. The number of nitrogen functional groups attached to an aromatic ring is 1. The number of aromatic nitrogens is 2. The summed E-state index contributed by atoms with van der Waals surface area (Å²) in [5.41, 5.74) is 6.80. The monoisotopic (exact) mass is 233 g/mol. The topological polar surface area (TPSA) is 58.3 Å². The van der Waals surface area contributed by atoms with E-state index < -0.39 is 0 Å². The van der Waals surface area contributed by atoms with Crippen LogP contribution in [0.4, 0.5) is 11.8 Å². The second-order valence-electron chi connectivity index (χ2n) is 5.01. The van der Waals surface area contributed by atoms with Crippen LogP contribution in [0.2, 0.25) is 0 Å². The van der Waals surface area contributed by atoms with E-state index >= 15 is 0 Å². The van der Waals surface area contributed by atoms with Crippen LogP contribution in [0.1, 0.15) is 18.4 Å². The van der Waals surface area contributed by atoms with Gasteiger partial charge in [-0.2, -0.15) is 4.98 Å². The predicted octanol–water partition coefficient (Wildman–Crippen LogP) is 0.652. The van der Waals surface area contributed by atoms with Gasteiger partial charge in [0, 0.05) is 37.4 Å². The molecule has 0 bridgehead atoms. The summed E-state index contributed by atoms with van der Waals surface area (Å²) in [4.78, 5) is 13.4. The van der Waals surface area contributed by atoms with Gasteiger partial charge in [0.1, 0.15) is 5.82 Å². The Morgan fingerprint density at radius 1 is 1.35 bits per heavy atom. The standard InChI is InChI=1S/C12H19N5/c1-9-7-14-12(13)15-11(9)17-6-5-16-4-2-3-10(16)8-17/h7,10H,2-6,8H2,1H3,(H2,13,14,15). The van der Waals surface area contributed by atoms with Gasteiger partial charge in [-0.15, -0.1) is 0 Å². The summed E-state index contributed by atoms with van der Waals surface area (Å²) in [6.45, 7) is 6.60. The van der Waals surface area contributed by atoms with Gasteiger partial charge in [0.15, 0.2) is 0 Å². The molecule has 0 amide bonds. The number of nitrogens with zero attached hydrogens (tertiary/aromatic N) is 4. The Kier molecular flexibility index (Phi) is 2.63. The molecule has 2 N–H and O–H groups in total. The van der Waals surface area contributed by atoms with E-state index in [1.807, 2.05) is 6.20 Å². The number of rotatable bonds is 1. The smallest absolute Gasteiger partial charge is 0.221 e. The van der Waals surface area contributed by atoms with Crippen LogP contribution < -0.4 is 10.6 Å². The maximum atomic E-state index is 5.68. The SMILES string of the molecule is Cc1cnc(N)nc1N1CCN2CCCC2C1. The molecule has 2 fully saturated rings. The molecule has 1 unspecified atom stereocenters. The van der Waals surface area contributed by atoms with Crippen LogP contribution in [-0.2, 0) is 0 Å². The fourth-order valence-corrected chi connectivity index (χ4v) is 2.95. The van der Waals surface area contributed by atoms with Crippen molar-refractivity contribution >= 4 is 11.8 Å². The average molecular weight is 233 g/mol. The quantitative estimate of drug-likeness (QED) is 0.772. The first-order chi connectivity index (χ1) is 8.24. The van der Waals surface area contributed by atoms with E-state index in [1.165, 1.54) is 19.4 Å². The Balaban J connectivity index is 1.82. The first-order valence-corrected chi connectivity index (χ1v) is 6.32. The van der Waals surface area contributed by atoms with Gasteiger partial charge in [-0.3, -0.25) is 4.90 Å². The molecule has 17 heavy (non-hydrogen) atoms. The van der Waals surface area contributed by atoms with Crippen LogP contribution in [0, 0.1) is 6.92 Å². The van der Waals surface area contributed by atoms with Crippen LogP contribution in [0.3, 0.4) is 0 Å². The highest BCUT2D eigenvalue weighted by Gasteiger charge is 2.31. The second kappa shape index (κ2) is 4.14. The molecule has 0 radical (unpaired) electrons. The van der Waals surface area contributed by atoms with Crippen molar-refractivity contribution in [2.24, 2.45) is 0 Å². The van der Waals surface area contributed by atoms with Crippen molar-refractivity contribution in [2.45, 2.75) is 25.8 Å². The fraction of sp³-hybridized carbons (Fsp3) is 0.667. The summed E-state index contributed by atoms with van der Waals surface area (Å²) in [6.07, 6.45) is 4.47. The predicted molar refractivity (Wildman–Crippen MR) is 68.0 cm³/mol. The van der Waals surface area contributed by atoms with Gasteiger partial charge in [-0.25, -0.2) is 4.98 Å². The normalized spacial score (nSPS) is 25.0. The molecule has 0 aliphatic carbocycles. The van der Waals surface area contributed by atoms with E-state index in [0.717, 1.165) is 31.0 Å². The molecule has 3 rings (SSSR count). The Labute approximate surface area is 102 Å². The number of fused-ring (bicyclic) bond motifs is 1. The first kappa shape index (κ1) is 10.8. The van der Waals surface area contributed by atoms with Crippen LogP contribution in [-0.4, -0.2) is 47.1 Å². The lowest BCUT2D eigenvalue weighted by Crippen LogP contribution is -2.50. The third-order valence-electron chi connectivity index (χ3n) is 3.85. The van der Waals surface area contributed by atoms with E-state index in [4.69, 9.17) is 5.73 Å². The lowest BCUT2D eigenvalue weighted by atomic mass is 10.1.